The lowest BCUT2D eigenvalue weighted by Gasteiger charge is -2.18. The molecule has 0 spiro atoms. The quantitative estimate of drug-likeness (QED) is 0.473. The van der Waals surface area contributed by atoms with Crippen molar-refractivity contribution in [3.05, 3.63) is 90.9 Å². The van der Waals surface area contributed by atoms with E-state index in [1.54, 1.807) is 6.92 Å². The second kappa shape index (κ2) is 7.54. The number of rotatable bonds is 7. The number of fused-ring (bicyclic) bond motifs is 1. The molecular formula is C23H22N2O2. The molecule has 0 unspecified atom stereocenters. The van der Waals surface area contributed by atoms with Crippen LogP contribution in [0.5, 0.6) is 5.75 Å². The van der Waals surface area contributed by atoms with Gasteiger partial charge in [-0.25, -0.2) is 0 Å². The molecule has 0 saturated heterocycles. The van der Waals surface area contributed by atoms with Gasteiger partial charge in [-0.05, 0) is 42.8 Å². The highest BCUT2D eigenvalue weighted by molar-refractivity contribution is 5.87. The van der Waals surface area contributed by atoms with E-state index in [0.29, 0.717) is 13.2 Å². The average Bonchev–Trinajstić information content (AvgIpc) is 3.35. The van der Waals surface area contributed by atoms with E-state index in [0.717, 1.165) is 22.2 Å². The minimum atomic E-state index is -0.218. The van der Waals surface area contributed by atoms with Gasteiger partial charge in [-0.15, -0.1) is 0 Å². The minimum absolute atomic E-state index is 0.143. The molecule has 2 heterocycles. The van der Waals surface area contributed by atoms with Gasteiger partial charge in [-0.3, -0.25) is 4.79 Å². The summed E-state index contributed by atoms with van der Waals surface area (Å²) < 4.78 is 10.1. The third kappa shape index (κ3) is 3.65. The molecule has 0 aliphatic carbocycles. The zero-order chi connectivity index (χ0) is 18.6. The van der Waals surface area contributed by atoms with Crippen LogP contribution in [0.15, 0.2) is 85.3 Å². The number of carbonyl (C=O) groups is 1. The van der Waals surface area contributed by atoms with Crippen molar-refractivity contribution in [2.75, 3.05) is 0 Å². The van der Waals surface area contributed by atoms with Gasteiger partial charge in [0, 0.05) is 24.0 Å². The summed E-state index contributed by atoms with van der Waals surface area (Å²) in [5.74, 6) is 1.000. The van der Waals surface area contributed by atoms with Gasteiger partial charge in [0.25, 0.3) is 0 Å². The van der Waals surface area contributed by atoms with Gasteiger partial charge in [-0.1, -0.05) is 36.4 Å². The molecule has 4 heteroatoms. The van der Waals surface area contributed by atoms with Crippen molar-refractivity contribution in [1.29, 1.82) is 0 Å². The zero-order valence-electron chi connectivity index (χ0n) is 15.3. The SMILES string of the molecule is CC(=O)[C@H](Cn1ccc2c(OCc3ccccc3)cccc21)n1cccc1. The van der Waals surface area contributed by atoms with Crippen molar-refractivity contribution in [2.24, 2.45) is 0 Å². The number of hydrogen-bond donors (Lipinski definition) is 0. The largest absolute Gasteiger partial charge is 0.488 e. The number of carbonyl (C=O) groups excluding carboxylic acids is 1. The molecule has 0 aliphatic rings. The molecule has 4 rings (SSSR count). The van der Waals surface area contributed by atoms with Crippen molar-refractivity contribution < 1.29 is 9.53 Å². The Hall–Kier alpha value is -3.27. The molecule has 4 nitrogen and oxygen atoms in total. The molecule has 136 valence electrons. The number of ether oxygens (including phenoxy) is 1. The molecule has 4 aromatic rings. The van der Waals surface area contributed by atoms with Crippen LogP contribution < -0.4 is 4.74 Å². The molecule has 27 heavy (non-hydrogen) atoms. The maximum Gasteiger partial charge on any atom is 0.154 e. The van der Waals surface area contributed by atoms with Crippen molar-refractivity contribution in [3.63, 3.8) is 0 Å². The molecule has 0 bridgehead atoms. The molecule has 0 radical (unpaired) electrons. The number of aromatic nitrogens is 2. The first-order valence-corrected chi connectivity index (χ1v) is 9.10. The van der Waals surface area contributed by atoms with Crippen LogP contribution in [0.25, 0.3) is 10.9 Å². The van der Waals surface area contributed by atoms with Crippen LogP contribution in [-0.2, 0) is 17.9 Å². The molecule has 0 aliphatic heterocycles. The second-order valence-corrected chi connectivity index (χ2v) is 6.69. The van der Waals surface area contributed by atoms with E-state index in [9.17, 15) is 4.79 Å². The Balaban J connectivity index is 1.59. The first-order chi connectivity index (χ1) is 13.2. The lowest BCUT2D eigenvalue weighted by atomic mass is 10.2. The topological polar surface area (TPSA) is 36.2 Å². The van der Waals surface area contributed by atoms with E-state index >= 15 is 0 Å². The lowest BCUT2D eigenvalue weighted by molar-refractivity contribution is -0.120. The van der Waals surface area contributed by atoms with E-state index in [-0.39, 0.29) is 11.8 Å². The van der Waals surface area contributed by atoms with Crippen molar-refractivity contribution >= 4 is 16.7 Å². The summed E-state index contributed by atoms with van der Waals surface area (Å²) in [4.78, 5) is 12.2. The monoisotopic (exact) mass is 358 g/mol. The summed E-state index contributed by atoms with van der Waals surface area (Å²) in [6.45, 7) is 2.77. The fraction of sp³-hybridized carbons (Fsp3) is 0.174. The van der Waals surface area contributed by atoms with E-state index in [1.165, 1.54) is 0 Å². The molecule has 2 aromatic heterocycles. The van der Waals surface area contributed by atoms with E-state index < -0.39 is 0 Å². The van der Waals surface area contributed by atoms with Crippen LogP contribution in [0.1, 0.15) is 18.5 Å². The summed E-state index contributed by atoms with van der Waals surface area (Å²) in [5.41, 5.74) is 2.21. The Morgan fingerprint density at radius 1 is 0.926 bits per heavy atom. The summed E-state index contributed by atoms with van der Waals surface area (Å²) in [6, 6.07) is 21.9. The van der Waals surface area contributed by atoms with Crippen LogP contribution in [-0.4, -0.2) is 14.9 Å². The fourth-order valence-corrected chi connectivity index (χ4v) is 3.39. The Morgan fingerprint density at radius 2 is 1.70 bits per heavy atom. The molecule has 2 aromatic carbocycles. The first kappa shape index (κ1) is 17.2. The van der Waals surface area contributed by atoms with Crippen molar-refractivity contribution in [1.82, 2.24) is 9.13 Å². The molecule has 0 amide bonds. The molecule has 0 N–H and O–H groups in total. The third-order valence-electron chi connectivity index (χ3n) is 4.84. The van der Waals surface area contributed by atoms with Gasteiger partial charge >= 0.3 is 0 Å². The molecule has 0 fully saturated rings. The van der Waals surface area contributed by atoms with Crippen LogP contribution in [0.4, 0.5) is 0 Å². The van der Waals surface area contributed by atoms with Gasteiger partial charge in [0.2, 0.25) is 0 Å². The standard InChI is InChI=1S/C23H22N2O2/c1-18(26)22(24-13-5-6-14-24)16-25-15-12-20-21(25)10-7-11-23(20)27-17-19-8-3-2-4-9-19/h2-15,22H,16-17H2,1H3/t22-/m0/s1. The molecule has 0 saturated carbocycles. The smallest absolute Gasteiger partial charge is 0.154 e. The predicted octanol–water partition coefficient (Wildman–Crippen LogP) is 4.85. The first-order valence-electron chi connectivity index (χ1n) is 9.10. The van der Waals surface area contributed by atoms with E-state index in [2.05, 4.69) is 28.8 Å². The third-order valence-corrected chi connectivity index (χ3v) is 4.84. The summed E-state index contributed by atoms with van der Waals surface area (Å²) >= 11 is 0. The Kier molecular flexibility index (Phi) is 4.79. The van der Waals surface area contributed by atoms with Crippen LogP contribution in [0.3, 0.4) is 0 Å². The Labute approximate surface area is 158 Å². The molecular weight excluding hydrogens is 336 g/mol. The zero-order valence-corrected chi connectivity index (χ0v) is 15.3. The van der Waals surface area contributed by atoms with Crippen LogP contribution in [0, 0.1) is 0 Å². The highest BCUT2D eigenvalue weighted by atomic mass is 16.5. The average molecular weight is 358 g/mol. The second-order valence-electron chi connectivity index (χ2n) is 6.69. The van der Waals surface area contributed by atoms with Gasteiger partial charge in [0.05, 0.1) is 12.1 Å². The van der Waals surface area contributed by atoms with Crippen molar-refractivity contribution in [2.45, 2.75) is 26.1 Å². The minimum Gasteiger partial charge on any atom is -0.488 e. The highest BCUT2D eigenvalue weighted by Crippen LogP contribution is 2.28. The van der Waals surface area contributed by atoms with E-state index in [1.807, 2.05) is 65.6 Å². The Morgan fingerprint density at radius 3 is 2.44 bits per heavy atom. The highest BCUT2D eigenvalue weighted by Gasteiger charge is 2.17. The van der Waals surface area contributed by atoms with Gasteiger partial charge in [0.1, 0.15) is 18.4 Å². The van der Waals surface area contributed by atoms with Crippen molar-refractivity contribution in [3.8, 4) is 5.75 Å². The summed E-state index contributed by atoms with van der Waals surface area (Å²) in [7, 11) is 0. The number of hydrogen-bond acceptors (Lipinski definition) is 2. The predicted molar refractivity (Wildman–Crippen MR) is 107 cm³/mol. The van der Waals surface area contributed by atoms with Crippen LogP contribution >= 0.6 is 0 Å². The lowest BCUT2D eigenvalue weighted by Crippen LogP contribution is -2.21. The maximum absolute atomic E-state index is 12.2. The Bertz CT molecular complexity index is 1030. The molecule has 1 atom stereocenters. The fourth-order valence-electron chi connectivity index (χ4n) is 3.39. The number of nitrogens with zero attached hydrogens (tertiary/aromatic N) is 2. The van der Waals surface area contributed by atoms with Gasteiger partial charge in [0.15, 0.2) is 5.78 Å². The summed E-state index contributed by atoms with van der Waals surface area (Å²) in [6.07, 6.45) is 5.90. The van der Waals surface area contributed by atoms with Crippen LogP contribution in [0.2, 0.25) is 0 Å². The number of benzene rings is 2. The number of ketones is 1. The van der Waals surface area contributed by atoms with Gasteiger partial charge in [-0.2, -0.15) is 0 Å². The summed E-state index contributed by atoms with van der Waals surface area (Å²) in [5, 5.41) is 1.06. The maximum atomic E-state index is 12.2. The van der Waals surface area contributed by atoms with E-state index in [4.69, 9.17) is 4.74 Å². The van der Waals surface area contributed by atoms with Gasteiger partial charge < -0.3 is 13.9 Å². The number of Topliss-reactive ketones (excluding diaryl/α,β-unsaturated/α-hetero) is 1. The normalized spacial score (nSPS) is 12.2.